The molecule has 0 fully saturated rings. The Morgan fingerprint density at radius 1 is 1.21 bits per heavy atom. The molecule has 0 amide bonds. The fourth-order valence-electron chi connectivity index (χ4n) is 2.09. The van der Waals surface area contributed by atoms with Gasteiger partial charge in [0.1, 0.15) is 12.3 Å². The second kappa shape index (κ2) is 8.51. The molecular weight excluding hydrogens is 330 g/mol. The van der Waals surface area contributed by atoms with Crippen LogP contribution in [0.4, 0.5) is 5.69 Å². The molecule has 24 heavy (non-hydrogen) atoms. The molecule has 0 aliphatic carbocycles. The predicted octanol–water partition coefficient (Wildman–Crippen LogP) is 2.54. The molecule has 0 atom stereocenters. The third-order valence-electron chi connectivity index (χ3n) is 3.25. The Balaban J connectivity index is 1.90. The lowest BCUT2D eigenvalue weighted by Crippen LogP contribution is -2.34. The van der Waals surface area contributed by atoms with Crippen molar-refractivity contribution in [3.8, 4) is 5.75 Å². The van der Waals surface area contributed by atoms with Gasteiger partial charge in [0.25, 0.3) is 10.1 Å². The molecule has 128 valence electrons. The van der Waals surface area contributed by atoms with Crippen LogP contribution in [0.15, 0.2) is 59.0 Å². The van der Waals surface area contributed by atoms with Gasteiger partial charge < -0.3 is 4.74 Å². The minimum atomic E-state index is -3.91. The second-order valence-electron chi connectivity index (χ2n) is 5.19. The minimum Gasteiger partial charge on any atom is -0.497 e. The molecule has 1 aromatic carbocycles. The van der Waals surface area contributed by atoms with Gasteiger partial charge in [-0.25, -0.2) is 4.57 Å². The molecule has 0 aliphatic heterocycles. The maximum Gasteiger partial charge on any atom is 0.265 e. The molecule has 0 saturated carbocycles. The fourth-order valence-corrected chi connectivity index (χ4v) is 2.58. The third-order valence-corrected chi connectivity index (χ3v) is 4.05. The largest absolute Gasteiger partial charge is 0.497 e. The van der Waals surface area contributed by atoms with Gasteiger partial charge in [-0.1, -0.05) is 0 Å². The van der Waals surface area contributed by atoms with Gasteiger partial charge in [0.15, 0.2) is 12.4 Å². The van der Waals surface area contributed by atoms with Crippen LogP contribution in [0, 0.1) is 0 Å². The van der Waals surface area contributed by atoms with Crippen LogP contribution in [-0.4, -0.2) is 25.8 Å². The van der Waals surface area contributed by atoms with Crippen LogP contribution >= 0.6 is 0 Å². The molecule has 7 nitrogen and oxygen atoms in total. The number of azo groups is 1. The maximum absolute atomic E-state index is 10.7. The van der Waals surface area contributed by atoms with Gasteiger partial charge in [0.2, 0.25) is 0 Å². The van der Waals surface area contributed by atoms with E-state index in [2.05, 4.69) is 10.2 Å². The number of hydrogen-bond donors (Lipinski definition) is 1. The highest BCUT2D eigenvalue weighted by Crippen LogP contribution is 2.18. The van der Waals surface area contributed by atoms with Crippen LogP contribution in [0.3, 0.4) is 0 Å². The number of methoxy groups -OCH3 is 1. The van der Waals surface area contributed by atoms with Crippen molar-refractivity contribution >= 4 is 15.8 Å². The molecule has 0 aliphatic rings. The standard InChI is InChI=1S/C16H19N3O4S/c1-23-16-7-5-15(6-8-16)18-17-12-14-4-2-9-19(13-14)10-3-11-24(20,21)22/h2,4-9,13H,3,10-12H2,1H3/p+1. The highest BCUT2D eigenvalue weighted by Gasteiger charge is 2.08. The van der Waals surface area contributed by atoms with E-state index in [9.17, 15) is 8.42 Å². The molecule has 0 spiro atoms. The van der Waals surface area contributed by atoms with Gasteiger partial charge in [-0.15, -0.1) is 0 Å². The predicted molar refractivity (Wildman–Crippen MR) is 88.9 cm³/mol. The molecule has 1 heterocycles. The average Bonchev–Trinajstić information content (AvgIpc) is 2.55. The molecule has 2 aromatic rings. The SMILES string of the molecule is COc1ccc(N=NCc2ccc[n+](CCCS(=O)(=O)O)c2)cc1. The summed E-state index contributed by atoms with van der Waals surface area (Å²) in [7, 11) is -2.30. The first kappa shape index (κ1) is 18.0. The van der Waals surface area contributed by atoms with Crippen molar-refractivity contribution in [2.75, 3.05) is 12.9 Å². The van der Waals surface area contributed by atoms with E-state index in [-0.39, 0.29) is 5.75 Å². The number of aryl methyl sites for hydroxylation is 1. The number of rotatable bonds is 8. The fraction of sp³-hybridized carbons (Fsp3) is 0.312. The molecule has 1 aromatic heterocycles. The first-order valence-electron chi connectivity index (χ1n) is 7.41. The van der Waals surface area contributed by atoms with E-state index in [1.807, 2.05) is 53.4 Å². The highest BCUT2D eigenvalue weighted by molar-refractivity contribution is 7.85. The molecule has 0 radical (unpaired) electrons. The average molecular weight is 350 g/mol. The quantitative estimate of drug-likeness (QED) is 0.450. The van der Waals surface area contributed by atoms with E-state index in [1.165, 1.54) is 0 Å². The van der Waals surface area contributed by atoms with Crippen molar-refractivity contribution in [1.29, 1.82) is 0 Å². The van der Waals surface area contributed by atoms with Crippen molar-refractivity contribution in [3.63, 3.8) is 0 Å². The topological polar surface area (TPSA) is 92.2 Å². The van der Waals surface area contributed by atoms with Crippen LogP contribution in [0.2, 0.25) is 0 Å². The van der Waals surface area contributed by atoms with Crippen molar-refractivity contribution in [2.24, 2.45) is 10.2 Å². The summed E-state index contributed by atoms with van der Waals surface area (Å²) in [6, 6.07) is 11.1. The van der Waals surface area contributed by atoms with E-state index in [4.69, 9.17) is 9.29 Å². The van der Waals surface area contributed by atoms with Crippen molar-refractivity contribution in [1.82, 2.24) is 0 Å². The number of aromatic nitrogens is 1. The summed E-state index contributed by atoms with van der Waals surface area (Å²) in [6.07, 6.45) is 4.07. The third kappa shape index (κ3) is 6.43. The van der Waals surface area contributed by atoms with E-state index in [0.717, 1.165) is 17.0 Å². The summed E-state index contributed by atoms with van der Waals surface area (Å²) in [4.78, 5) is 0. The van der Waals surface area contributed by atoms with Gasteiger partial charge in [-0.3, -0.25) is 4.55 Å². The van der Waals surface area contributed by atoms with Gasteiger partial charge in [-0.2, -0.15) is 18.6 Å². The number of nitrogens with zero attached hydrogens (tertiary/aromatic N) is 3. The lowest BCUT2D eigenvalue weighted by Gasteiger charge is -1.99. The summed E-state index contributed by atoms with van der Waals surface area (Å²) >= 11 is 0. The van der Waals surface area contributed by atoms with E-state index >= 15 is 0 Å². The normalized spacial score (nSPS) is 11.8. The Morgan fingerprint density at radius 2 is 1.96 bits per heavy atom. The Bertz CT molecular complexity index is 789. The van der Waals surface area contributed by atoms with Crippen molar-refractivity contribution in [3.05, 3.63) is 54.4 Å². The zero-order valence-electron chi connectivity index (χ0n) is 13.4. The van der Waals surface area contributed by atoms with Crippen LogP contribution in [0.25, 0.3) is 0 Å². The van der Waals surface area contributed by atoms with Gasteiger partial charge >= 0.3 is 0 Å². The Labute approximate surface area is 141 Å². The molecule has 0 bridgehead atoms. The summed E-state index contributed by atoms with van der Waals surface area (Å²) < 4.78 is 37.1. The Hall–Kier alpha value is -2.32. The monoisotopic (exact) mass is 350 g/mol. The lowest BCUT2D eigenvalue weighted by atomic mass is 10.3. The number of hydrogen-bond acceptors (Lipinski definition) is 5. The summed E-state index contributed by atoms with van der Waals surface area (Å²) in [5.74, 6) is 0.518. The Morgan fingerprint density at radius 3 is 2.62 bits per heavy atom. The zero-order chi connectivity index (χ0) is 17.4. The smallest absolute Gasteiger partial charge is 0.265 e. The molecule has 1 N–H and O–H groups in total. The number of benzene rings is 1. The minimum absolute atomic E-state index is 0.249. The van der Waals surface area contributed by atoms with E-state index in [0.29, 0.717) is 19.5 Å². The molecule has 0 unspecified atom stereocenters. The summed E-state index contributed by atoms with van der Waals surface area (Å²) in [5, 5.41) is 8.31. The number of pyridine rings is 1. The van der Waals surface area contributed by atoms with Crippen molar-refractivity contribution in [2.45, 2.75) is 19.5 Å². The Kier molecular flexibility index (Phi) is 6.39. The summed E-state index contributed by atoms with van der Waals surface area (Å²) in [6.45, 7) is 0.925. The summed E-state index contributed by atoms with van der Waals surface area (Å²) in [5.41, 5.74) is 1.70. The van der Waals surface area contributed by atoms with Gasteiger partial charge in [-0.05, 0) is 30.3 Å². The maximum atomic E-state index is 10.7. The first-order valence-corrected chi connectivity index (χ1v) is 9.02. The highest BCUT2D eigenvalue weighted by atomic mass is 32.2. The van der Waals surface area contributed by atoms with Crippen LogP contribution < -0.4 is 9.30 Å². The lowest BCUT2D eigenvalue weighted by molar-refractivity contribution is -0.697. The molecule has 2 rings (SSSR count). The zero-order valence-corrected chi connectivity index (χ0v) is 14.2. The van der Waals surface area contributed by atoms with Crippen LogP contribution in [0.5, 0.6) is 5.75 Å². The van der Waals surface area contributed by atoms with Gasteiger partial charge in [0.05, 0.1) is 25.1 Å². The molecule has 8 heteroatoms. The molecular formula is C16H20N3O4S+. The van der Waals surface area contributed by atoms with Crippen LogP contribution in [0.1, 0.15) is 12.0 Å². The second-order valence-corrected chi connectivity index (χ2v) is 6.76. The molecule has 0 saturated heterocycles. The van der Waals surface area contributed by atoms with Crippen molar-refractivity contribution < 1.29 is 22.3 Å². The van der Waals surface area contributed by atoms with E-state index < -0.39 is 10.1 Å². The van der Waals surface area contributed by atoms with Gasteiger partial charge in [0, 0.05) is 18.1 Å². The van der Waals surface area contributed by atoms with E-state index in [1.54, 1.807) is 7.11 Å². The number of ether oxygens (including phenoxy) is 1. The first-order chi connectivity index (χ1) is 11.5. The van der Waals surface area contributed by atoms with Crippen LogP contribution in [-0.2, 0) is 23.2 Å².